The molecule has 0 bridgehead atoms. The first kappa shape index (κ1) is 16.4. The first-order chi connectivity index (χ1) is 9.63. The van der Waals surface area contributed by atoms with Gasteiger partial charge in [-0.2, -0.15) is 0 Å². The molecule has 0 fully saturated rings. The molecule has 0 saturated carbocycles. The number of nitrogens with zero attached hydrogens (tertiary/aromatic N) is 1. The summed E-state index contributed by atoms with van der Waals surface area (Å²) >= 11 is 0. The number of unbranched alkanes of at least 4 members (excludes halogenated alkanes) is 1. The van der Waals surface area contributed by atoms with Crippen LogP contribution in [0.4, 0.5) is 0 Å². The van der Waals surface area contributed by atoms with Crippen LogP contribution < -0.4 is 0 Å². The van der Waals surface area contributed by atoms with Gasteiger partial charge in [-0.05, 0) is 26.3 Å². The average molecular weight is 277 g/mol. The Morgan fingerprint density at radius 3 is 2.20 bits per heavy atom. The lowest BCUT2D eigenvalue weighted by atomic mass is 10.0. The van der Waals surface area contributed by atoms with Crippen molar-refractivity contribution in [2.24, 2.45) is 0 Å². The molecule has 0 aromatic heterocycles. The summed E-state index contributed by atoms with van der Waals surface area (Å²) in [5.41, 5.74) is 0.804. The molecule has 1 rings (SSSR count). The van der Waals surface area contributed by atoms with Crippen molar-refractivity contribution in [2.75, 3.05) is 13.1 Å². The van der Waals surface area contributed by atoms with E-state index in [4.69, 9.17) is 4.84 Å². The lowest BCUT2D eigenvalue weighted by Gasteiger charge is -2.18. The third-order valence-corrected chi connectivity index (χ3v) is 3.12. The second kappa shape index (κ2) is 8.48. The maximum Gasteiger partial charge on any atom is 0.357 e. The smallest absolute Gasteiger partial charge is 0.357 e. The zero-order valence-corrected chi connectivity index (χ0v) is 12.5. The molecular weight excluding hydrogens is 254 g/mol. The Bertz CT molecular complexity index is 453. The first-order valence-electron chi connectivity index (χ1n) is 7.23. The second-order valence-corrected chi connectivity index (χ2v) is 4.57. The molecule has 0 amide bonds. The fraction of sp³-hybridized carbons (Fsp3) is 0.500. The van der Waals surface area contributed by atoms with Crippen molar-refractivity contribution in [3.63, 3.8) is 0 Å². The van der Waals surface area contributed by atoms with Crippen LogP contribution in [0, 0.1) is 0 Å². The van der Waals surface area contributed by atoms with E-state index in [1.54, 1.807) is 29.3 Å². The van der Waals surface area contributed by atoms with Crippen LogP contribution in [-0.4, -0.2) is 29.9 Å². The van der Waals surface area contributed by atoms with E-state index in [0.29, 0.717) is 30.6 Å². The molecule has 0 N–H and O–H groups in total. The van der Waals surface area contributed by atoms with Crippen molar-refractivity contribution in [1.82, 2.24) is 5.06 Å². The SMILES string of the molecule is CCCCC(=O)c1ccccc1C(=O)ON(CC)CC. The standard InChI is InChI=1S/C16H23NO3/c1-4-7-12-15(18)13-10-8-9-11-14(13)16(19)20-17(5-2)6-3/h8-11H,4-7,12H2,1-3H3. The minimum atomic E-state index is -0.464. The number of benzene rings is 1. The van der Waals surface area contributed by atoms with Gasteiger partial charge in [-0.25, -0.2) is 4.79 Å². The quantitative estimate of drug-likeness (QED) is 0.539. The van der Waals surface area contributed by atoms with Crippen LogP contribution in [0.15, 0.2) is 24.3 Å². The lowest BCUT2D eigenvalue weighted by Crippen LogP contribution is -2.27. The average Bonchev–Trinajstić information content (AvgIpc) is 2.49. The molecule has 20 heavy (non-hydrogen) atoms. The van der Waals surface area contributed by atoms with Crippen LogP contribution in [-0.2, 0) is 4.84 Å². The van der Waals surface area contributed by atoms with Crippen LogP contribution in [0.5, 0.6) is 0 Å². The molecule has 1 aromatic carbocycles. The largest absolute Gasteiger partial charge is 0.364 e. The van der Waals surface area contributed by atoms with E-state index in [1.165, 1.54) is 0 Å². The Hall–Kier alpha value is -1.68. The summed E-state index contributed by atoms with van der Waals surface area (Å²) in [5.74, 6) is -0.465. The van der Waals surface area contributed by atoms with Crippen molar-refractivity contribution >= 4 is 11.8 Å². The molecule has 0 aliphatic heterocycles. The van der Waals surface area contributed by atoms with E-state index in [0.717, 1.165) is 12.8 Å². The number of hydroxylamine groups is 2. The molecule has 4 heteroatoms. The minimum absolute atomic E-state index is 0.000975. The van der Waals surface area contributed by atoms with E-state index in [1.807, 2.05) is 20.8 Å². The summed E-state index contributed by atoms with van der Waals surface area (Å²) in [6.45, 7) is 7.10. The van der Waals surface area contributed by atoms with Gasteiger partial charge in [-0.3, -0.25) is 4.79 Å². The van der Waals surface area contributed by atoms with Gasteiger partial charge in [0.05, 0.1) is 5.56 Å². The molecule has 0 radical (unpaired) electrons. The Balaban J connectivity index is 2.89. The van der Waals surface area contributed by atoms with Crippen LogP contribution in [0.25, 0.3) is 0 Å². The molecule has 0 unspecified atom stereocenters. The third kappa shape index (κ3) is 4.46. The van der Waals surface area contributed by atoms with Crippen molar-refractivity contribution in [2.45, 2.75) is 40.0 Å². The minimum Gasteiger partial charge on any atom is -0.364 e. The van der Waals surface area contributed by atoms with Crippen molar-refractivity contribution in [1.29, 1.82) is 0 Å². The predicted molar refractivity (Wildman–Crippen MR) is 78.6 cm³/mol. The van der Waals surface area contributed by atoms with E-state index in [2.05, 4.69) is 0 Å². The maximum atomic E-state index is 12.2. The Morgan fingerprint density at radius 2 is 1.65 bits per heavy atom. The van der Waals surface area contributed by atoms with Gasteiger partial charge in [0.25, 0.3) is 0 Å². The van der Waals surface area contributed by atoms with Gasteiger partial charge < -0.3 is 4.84 Å². The van der Waals surface area contributed by atoms with Crippen molar-refractivity contribution < 1.29 is 14.4 Å². The molecule has 0 heterocycles. The summed E-state index contributed by atoms with van der Waals surface area (Å²) < 4.78 is 0. The fourth-order valence-corrected chi connectivity index (χ4v) is 1.90. The van der Waals surface area contributed by atoms with Gasteiger partial charge in [-0.1, -0.05) is 31.5 Å². The molecule has 1 aromatic rings. The predicted octanol–water partition coefficient (Wildman–Crippen LogP) is 3.47. The van der Waals surface area contributed by atoms with Gasteiger partial charge >= 0.3 is 5.97 Å². The summed E-state index contributed by atoms with van der Waals surface area (Å²) in [7, 11) is 0. The molecule has 110 valence electrons. The Morgan fingerprint density at radius 1 is 1.05 bits per heavy atom. The van der Waals surface area contributed by atoms with Gasteiger partial charge in [-0.15, -0.1) is 5.06 Å². The number of rotatable bonds is 8. The number of Topliss-reactive ketones (excluding diaryl/α,β-unsaturated/α-hetero) is 1. The molecule has 0 spiro atoms. The number of hydrogen-bond acceptors (Lipinski definition) is 4. The van der Waals surface area contributed by atoms with Crippen LogP contribution in [0.3, 0.4) is 0 Å². The lowest BCUT2D eigenvalue weighted by molar-refractivity contribution is -0.103. The Labute approximate surface area is 120 Å². The van der Waals surface area contributed by atoms with E-state index in [9.17, 15) is 9.59 Å². The maximum absolute atomic E-state index is 12.2. The highest BCUT2D eigenvalue weighted by molar-refractivity contribution is 6.06. The van der Waals surface area contributed by atoms with Gasteiger partial charge in [0.2, 0.25) is 0 Å². The van der Waals surface area contributed by atoms with Crippen LogP contribution in [0.1, 0.15) is 60.7 Å². The monoisotopic (exact) mass is 277 g/mol. The highest BCUT2D eigenvalue weighted by Gasteiger charge is 2.19. The number of carbonyl (C=O) groups excluding carboxylic acids is 2. The first-order valence-corrected chi connectivity index (χ1v) is 7.23. The fourth-order valence-electron chi connectivity index (χ4n) is 1.90. The third-order valence-electron chi connectivity index (χ3n) is 3.12. The number of hydrogen-bond donors (Lipinski definition) is 0. The molecule has 0 aliphatic carbocycles. The van der Waals surface area contributed by atoms with Crippen molar-refractivity contribution in [3.05, 3.63) is 35.4 Å². The second-order valence-electron chi connectivity index (χ2n) is 4.57. The zero-order chi connectivity index (χ0) is 15.0. The molecule has 4 nitrogen and oxygen atoms in total. The van der Waals surface area contributed by atoms with Crippen LogP contribution in [0.2, 0.25) is 0 Å². The van der Waals surface area contributed by atoms with Crippen LogP contribution >= 0.6 is 0 Å². The van der Waals surface area contributed by atoms with E-state index >= 15 is 0 Å². The topological polar surface area (TPSA) is 46.6 Å². The summed E-state index contributed by atoms with van der Waals surface area (Å²) in [4.78, 5) is 29.6. The summed E-state index contributed by atoms with van der Waals surface area (Å²) in [6.07, 6.45) is 2.25. The zero-order valence-electron chi connectivity index (χ0n) is 12.5. The molecule has 0 saturated heterocycles. The highest BCUT2D eigenvalue weighted by atomic mass is 16.7. The molecular formula is C16H23NO3. The summed E-state index contributed by atoms with van der Waals surface area (Å²) in [5, 5.41) is 1.57. The van der Waals surface area contributed by atoms with Crippen molar-refractivity contribution in [3.8, 4) is 0 Å². The van der Waals surface area contributed by atoms with E-state index in [-0.39, 0.29) is 5.78 Å². The highest BCUT2D eigenvalue weighted by Crippen LogP contribution is 2.15. The van der Waals surface area contributed by atoms with E-state index < -0.39 is 5.97 Å². The normalized spacial score (nSPS) is 10.6. The summed E-state index contributed by atoms with van der Waals surface area (Å²) in [6, 6.07) is 6.85. The number of carbonyl (C=O) groups is 2. The van der Waals surface area contributed by atoms with Gasteiger partial charge in [0.1, 0.15) is 0 Å². The van der Waals surface area contributed by atoms with Gasteiger partial charge in [0, 0.05) is 25.1 Å². The molecule has 0 aliphatic rings. The molecule has 0 atom stereocenters. The number of ketones is 1. The Kier molecular flexibility index (Phi) is 6.94. The van der Waals surface area contributed by atoms with Gasteiger partial charge in [0.15, 0.2) is 5.78 Å².